The van der Waals surface area contributed by atoms with Crippen LogP contribution in [0.25, 0.3) is 11.1 Å². The molecule has 2 aromatic rings. The number of benzene rings is 2. The Hall–Kier alpha value is -2.28. The molecule has 0 bridgehead atoms. The summed E-state index contributed by atoms with van der Waals surface area (Å²) < 4.78 is 4.64. The number of ether oxygens (including phenoxy) is 1. The van der Waals surface area contributed by atoms with E-state index in [0.29, 0.717) is 15.6 Å². The Balaban J connectivity index is 2.23. The Morgan fingerprint density at radius 1 is 1.04 bits per heavy atom. The predicted molar refractivity (Wildman–Crippen MR) is 90.6 cm³/mol. The van der Waals surface area contributed by atoms with E-state index in [4.69, 9.17) is 23.2 Å². The van der Waals surface area contributed by atoms with Crippen LogP contribution < -0.4 is 0 Å². The van der Waals surface area contributed by atoms with Gasteiger partial charge >= 0.3 is 5.97 Å². The summed E-state index contributed by atoms with van der Waals surface area (Å²) >= 11 is 12.1. The van der Waals surface area contributed by atoms with Gasteiger partial charge in [-0.1, -0.05) is 41.4 Å². The highest BCUT2D eigenvalue weighted by Crippen LogP contribution is 2.29. The van der Waals surface area contributed by atoms with E-state index in [9.17, 15) is 9.59 Å². The number of hydrogen-bond acceptors (Lipinski definition) is 3. The minimum atomic E-state index is -0.732. The Morgan fingerprint density at radius 2 is 1.74 bits per heavy atom. The van der Waals surface area contributed by atoms with E-state index in [1.807, 2.05) is 12.1 Å². The number of halogens is 2. The Kier molecular flexibility index (Phi) is 5.81. The smallest absolute Gasteiger partial charge is 0.384 e. The van der Waals surface area contributed by atoms with Crippen LogP contribution >= 0.6 is 23.2 Å². The van der Waals surface area contributed by atoms with E-state index >= 15 is 0 Å². The minimum Gasteiger partial charge on any atom is -0.456 e. The van der Waals surface area contributed by atoms with Gasteiger partial charge in [0.05, 0.1) is 6.61 Å². The number of ketones is 1. The second-order valence-electron chi connectivity index (χ2n) is 4.50. The number of Topliss-reactive ketones (excluding diaryl/α,β-unsaturated/α-hetero) is 1. The molecule has 0 amide bonds. The lowest BCUT2D eigenvalue weighted by Gasteiger charge is -2.06. The number of carbonyl (C=O) groups excluding carboxylic acids is 2. The van der Waals surface area contributed by atoms with Crippen molar-refractivity contribution in [2.45, 2.75) is 6.92 Å². The SMILES string of the molecule is CCOC(=O)C#CC(=O)c1ccc(-c2ccc(Cl)cc2)c(Cl)c1. The van der Waals surface area contributed by atoms with Crippen molar-refractivity contribution in [3.05, 3.63) is 58.1 Å². The third-order valence-corrected chi connectivity index (χ3v) is 3.50. The van der Waals surface area contributed by atoms with Gasteiger partial charge < -0.3 is 4.74 Å². The topological polar surface area (TPSA) is 43.4 Å². The molecule has 0 saturated heterocycles. The molecule has 0 N–H and O–H groups in total. The van der Waals surface area contributed by atoms with Crippen LogP contribution in [0.1, 0.15) is 17.3 Å². The number of rotatable bonds is 3. The lowest BCUT2D eigenvalue weighted by atomic mass is 10.0. The summed E-state index contributed by atoms with van der Waals surface area (Å²) in [6.07, 6.45) is 0. The van der Waals surface area contributed by atoms with Crippen molar-refractivity contribution in [3.8, 4) is 23.0 Å². The zero-order valence-corrected chi connectivity index (χ0v) is 13.7. The van der Waals surface area contributed by atoms with Crippen LogP contribution in [0, 0.1) is 11.8 Å². The molecule has 23 heavy (non-hydrogen) atoms. The maximum Gasteiger partial charge on any atom is 0.384 e. The molecular weight excluding hydrogens is 335 g/mol. The first-order valence-corrected chi connectivity index (χ1v) is 7.55. The zero-order valence-electron chi connectivity index (χ0n) is 12.2. The van der Waals surface area contributed by atoms with Gasteiger partial charge in [-0.05, 0) is 42.7 Å². The number of carbonyl (C=O) groups is 2. The molecule has 0 fully saturated rings. The summed E-state index contributed by atoms with van der Waals surface area (Å²) in [5.41, 5.74) is 1.97. The Bertz CT molecular complexity index is 799. The van der Waals surface area contributed by atoms with Crippen LogP contribution in [-0.2, 0) is 9.53 Å². The van der Waals surface area contributed by atoms with Gasteiger partial charge in [0.1, 0.15) is 0 Å². The molecule has 5 heteroatoms. The average molecular weight is 347 g/mol. The minimum absolute atomic E-state index is 0.212. The number of esters is 1. The highest BCUT2D eigenvalue weighted by atomic mass is 35.5. The molecule has 116 valence electrons. The molecular formula is C18H12Cl2O3. The van der Waals surface area contributed by atoms with Crippen molar-refractivity contribution in [2.75, 3.05) is 6.61 Å². The molecule has 0 spiro atoms. The van der Waals surface area contributed by atoms with Gasteiger partial charge in [0.2, 0.25) is 5.78 Å². The van der Waals surface area contributed by atoms with Gasteiger partial charge in [0.15, 0.2) is 0 Å². The van der Waals surface area contributed by atoms with Gasteiger partial charge in [-0.3, -0.25) is 4.79 Å². The second-order valence-corrected chi connectivity index (χ2v) is 5.34. The van der Waals surface area contributed by atoms with Crippen LogP contribution in [0.3, 0.4) is 0 Å². The molecule has 0 unspecified atom stereocenters. The zero-order chi connectivity index (χ0) is 16.8. The molecule has 2 rings (SSSR count). The van der Waals surface area contributed by atoms with Crippen molar-refractivity contribution in [3.63, 3.8) is 0 Å². The van der Waals surface area contributed by atoms with Gasteiger partial charge in [-0.25, -0.2) is 4.79 Å². The molecule has 3 nitrogen and oxygen atoms in total. The summed E-state index contributed by atoms with van der Waals surface area (Å²) in [6.45, 7) is 1.87. The quantitative estimate of drug-likeness (QED) is 0.272. The molecule has 0 aliphatic heterocycles. The molecule has 0 heterocycles. The fourth-order valence-electron chi connectivity index (χ4n) is 1.87. The molecule has 0 aromatic heterocycles. The summed E-state index contributed by atoms with van der Waals surface area (Å²) in [6, 6.07) is 12.1. The molecule has 0 saturated carbocycles. The summed E-state index contributed by atoms with van der Waals surface area (Å²) in [4.78, 5) is 23.1. The van der Waals surface area contributed by atoms with E-state index in [-0.39, 0.29) is 6.61 Å². The maximum absolute atomic E-state index is 11.9. The van der Waals surface area contributed by atoms with E-state index in [1.165, 1.54) is 6.07 Å². The van der Waals surface area contributed by atoms with Crippen molar-refractivity contribution in [2.24, 2.45) is 0 Å². The highest BCUT2D eigenvalue weighted by Gasteiger charge is 2.09. The predicted octanol–water partition coefficient (Wildman–Crippen LogP) is 4.41. The van der Waals surface area contributed by atoms with Crippen LogP contribution in [0.15, 0.2) is 42.5 Å². The fraction of sp³-hybridized carbons (Fsp3) is 0.111. The molecule has 2 aromatic carbocycles. The van der Waals surface area contributed by atoms with Gasteiger partial charge in [-0.2, -0.15) is 0 Å². The molecule has 0 atom stereocenters. The largest absolute Gasteiger partial charge is 0.456 e. The van der Waals surface area contributed by atoms with Gasteiger partial charge in [0.25, 0.3) is 0 Å². The first kappa shape index (κ1) is 17.1. The van der Waals surface area contributed by atoms with E-state index in [1.54, 1.807) is 31.2 Å². The molecule has 0 radical (unpaired) electrons. The molecule has 0 aliphatic carbocycles. The third kappa shape index (κ3) is 4.59. The first-order valence-electron chi connectivity index (χ1n) is 6.80. The van der Waals surface area contributed by atoms with Crippen molar-refractivity contribution < 1.29 is 14.3 Å². The van der Waals surface area contributed by atoms with Crippen LogP contribution in [0.2, 0.25) is 10.0 Å². The van der Waals surface area contributed by atoms with E-state index in [0.717, 1.165) is 11.1 Å². The van der Waals surface area contributed by atoms with Crippen molar-refractivity contribution in [1.29, 1.82) is 0 Å². The third-order valence-electron chi connectivity index (χ3n) is 2.94. The van der Waals surface area contributed by atoms with Gasteiger partial charge in [0, 0.05) is 27.1 Å². The van der Waals surface area contributed by atoms with Crippen molar-refractivity contribution in [1.82, 2.24) is 0 Å². The second kappa shape index (κ2) is 7.82. The van der Waals surface area contributed by atoms with E-state index in [2.05, 4.69) is 16.6 Å². The monoisotopic (exact) mass is 346 g/mol. The van der Waals surface area contributed by atoms with Crippen molar-refractivity contribution >= 4 is 35.0 Å². The lowest BCUT2D eigenvalue weighted by Crippen LogP contribution is -2.02. The van der Waals surface area contributed by atoms with Crippen LogP contribution in [0.4, 0.5) is 0 Å². The van der Waals surface area contributed by atoms with Gasteiger partial charge in [-0.15, -0.1) is 0 Å². The number of hydrogen-bond donors (Lipinski definition) is 0. The normalized spacial score (nSPS) is 9.70. The summed E-state index contributed by atoms with van der Waals surface area (Å²) in [5, 5.41) is 1.04. The fourth-order valence-corrected chi connectivity index (χ4v) is 2.28. The summed E-state index contributed by atoms with van der Waals surface area (Å²) in [5.74, 6) is 3.14. The van der Waals surface area contributed by atoms with Crippen LogP contribution in [0.5, 0.6) is 0 Å². The molecule has 0 aliphatic rings. The van der Waals surface area contributed by atoms with E-state index < -0.39 is 11.8 Å². The van der Waals surface area contributed by atoms with Crippen LogP contribution in [-0.4, -0.2) is 18.4 Å². The summed E-state index contributed by atoms with van der Waals surface area (Å²) in [7, 11) is 0. The standard InChI is InChI=1S/C18H12Cl2O3/c1-2-23-18(22)10-9-17(21)13-5-8-15(16(20)11-13)12-3-6-14(19)7-4-12/h3-8,11H,2H2,1H3. The Morgan fingerprint density at radius 3 is 2.35 bits per heavy atom. The Labute approximate surface area is 144 Å². The lowest BCUT2D eigenvalue weighted by molar-refractivity contribution is -0.136. The average Bonchev–Trinajstić information content (AvgIpc) is 2.54. The first-order chi connectivity index (χ1) is 11.0. The highest BCUT2D eigenvalue weighted by molar-refractivity contribution is 6.34. The maximum atomic E-state index is 11.9.